The summed E-state index contributed by atoms with van der Waals surface area (Å²) >= 11 is 1.56. The molecule has 6 heteroatoms. The molecule has 2 heterocycles. The van der Waals surface area contributed by atoms with Crippen LogP contribution < -0.4 is 4.90 Å². The Hall–Kier alpha value is -2.99. The Kier molecular flexibility index (Phi) is 4.96. The molecule has 0 saturated carbocycles. The zero-order chi connectivity index (χ0) is 19.7. The van der Waals surface area contributed by atoms with Gasteiger partial charge in [0.05, 0.1) is 16.8 Å². The molecule has 28 heavy (non-hydrogen) atoms. The predicted octanol–water partition coefficient (Wildman–Crippen LogP) is 4.77. The standard InChI is InChI=1S/C22H22N4OS/c1-15-6-4-7-18(13-15)21(27)26(11-10-25-9-5-8-23-25)22-24-20-17(3)12-16(2)14-19(20)28-22/h4-9,12-14H,10-11H2,1-3H3. The monoisotopic (exact) mass is 390 g/mol. The molecule has 0 unspecified atom stereocenters. The van der Waals surface area contributed by atoms with E-state index in [-0.39, 0.29) is 5.91 Å². The van der Waals surface area contributed by atoms with Gasteiger partial charge in [-0.05, 0) is 56.2 Å². The Morgan fingerprint density at radius 2 is 1.96 bits per heavy atom. The molecular formula is C22H22N4OS. The number of carbonyl (C=O) groups is 1. The summed E-state index contributed by atoms with van der Waals surface area (Å²) in [6, 6.07) is 13.8. The summed E-state index contributed by atoms with van der Waals surface area (Å²) in [6.07, 6.45) is 3.65. The van der Waals surface area contributed by atoms with E-state index in [4.69, 9.17) is 4.98 Å². The molecule has 5 nitrogen and oxygen atoms in total. The Balaban J connectivity index is 1.73. The molecule has 0 aliphatic carbocycles. The van der Waals surface area contributed by atoms with Crippen LogP contribution >= 0.6 is 11.3 Å². The van der Waals surface area contributed by atoms with Crippen LogP contribution in [-0.4, -0.2) is 27.2 Å². The first-order valence-corrected chi connectivity index (χ1v) is 10.1. The van der Waals surface area contributed by atoms with Gasteiger partial charge in [-0.1, -0.05) is 35.1 Å². The summed E-state index contributed by atoms with van der Waals surface area (Å²) in [7, 11) is 0. The van der Waals surface area contributed by atoms with Crippen molar-refractivity contribution in [2.24, 2.45) is 0 Å². The minimum absolute atomic E-state index is 0.0377. The van der Waals surface area contributed by atoms with E-state index in [9.17, 15) is 4.79 Å². The first-order valence-electron chi connectivity index (χ1n) is 9.25. The molecule has 0 atom stereocenters. The molecule has 0 radical (unpaired) electrons. The maximum Gasteiger partial charge on any atom is 0.260 e. The van der Waals surface area contributed by atoms with Crippen molar-refractivity contribution in [1.82, 2.24) is 14.8 Å². The van der Waals surface area contributed by atoms with Gasteiger partial charge in [-0.2, -0.15) is 5.10 Å². The number of rotatable bonds is 5. The summed E-state index contributed by atoms with van der Waals surface area (Å²) in [5, 5.41) is 4.98. The summed E-state index contributed by atoms with van der Waals surface area (Å²) in [5.74, 6) is -0.0377. The maximum absolute atomic E-state index is 13.3. The van der Waals surface area contributed by atoms with Crippen LogP contribution in [0.2, 0.25) is 0 Å². The predicted molar refractivity (Wildman–Crippen MR) is 114 cm³/mol. The first kappa shape index (κ1) is 18.4. The Morgan fingerprint density at radius 3 is 2.71 bits per heavy atom. The second-order valence-electron chi connectivity index (χ2n) is 7.02. The lowest BCUT2D eigenvalue weighted by Crippen LogP contribution is -2.34. The quantitative estimate of drug-likeness (QED) is 0.493. The van der Waals surface area contributed by atoms with Crippen LogP contribution in [0.15, 0.2) is 54.9 Å². The highest BCUT2D eigenvalue weighted by Gasteiger charge is 2.22. The Labute approximate surface area is 168 Å². The highest BCUT2D eigenvalue weighted by Crippen LogP contribution is 2.32. The van der Waals surface area contributed by atoms with Crippen LogP contribution in [0.25, 0.3) is 10.2 Å². The Morgan fingerprint density at radius 1 is 1.11 bits per heavy atom. The highest BCUT2D eigenvalue weighted by molar-refractivity contribution is 7.22. The van der Waals surface area contributed by atoms with E-state index in [1.165, 1.54) is 5.56 Å². The Bertz CT molecular complexity index is 1130. The van der Waals surface area contributed by atoms with Gasteiger partial charge in [0, 0.05) is 24.5 Å². The molecule has 4 aromatic rings. The number of carbonyl (C=O) groups excluding carboxylic acids is 1. The van der Waals surface area contributed by atoms with Gasteiger partial charge in [0.1, 0.15) is 0 Å². The number of amides is 1. The van der Waals surface area contributed by atoms with Crippen molar-refractivity contribution < 1.29 is 4.79 Å². The number of thiazole rings is 1. The van der Waals surface area contributed by atoms with Gasteiger partial charge >= 0.3 is 0 Å². The van der Waals surface area contributed by atoms with Crippen LogP contribution in [0.1, 0.15) is 27.0 Å². The number of nitrogens with zero attached hydrogens (tertiary/aromatic N) is 4. The number of hydrogen-bond donors (Lipinski definition) is 0. The smallest absolute Gasteiger partial charge is 0.260 e. The van der Waals surface area contributed by atoms with E-state index >= 15 is 0 Å². The molecule has 0 fully saturated rings. The summed E-state index contributed by atoms with van der Waals surface area (Å²) in [5.41, 5.74) is 5.04. The minimum atomic E-state index is -0.0377. The van der Waals surface area contributed by atoms with Gasteiger partial charge in [0.2, 0.25) is 0 Å². The summed E-state index contributed by atoms with van der Waals surface area (Å²) < 4.78 is 2.94. The molecule has 1 amide bonds. The third kappa shape index (κ3) is 3.68. The van der Waals surface area contributed by atoms with Crippen molar-refractivity contribution in [3.05, 3.63) is 77.1 Å². The second kappa shape index (κ2) is 7.56. The van der Waals surface area contributed by atoms with E-state index in [0.29, 0.717) is 18.7 Å². The van der Waals surface area contributed by atoms with Gasteiger partial charge in [-0.25, -0.2) is 4.98 Å². The molecule has 0 bridgehead atoms. The van der Waals surface area contributed by atoms with Crippen LogP contribution in [-0.2, 0) is 6.54 Å². The summed E-state index contributed by atoms with van der Waals surface area (Å²) in [6.45, 7) is 7.26. The van der Waals surface area contributed by atoms with Gasteiger partial charge in [0.15, 0.2) is 5.13 Å². The van der Waals surface area contributed by atoms with Gasteiger partial charge < -0.3 is 0 Å². The van der Waals surface area contributed by atoms with E-state index in [1.54, 1.807) is 22.4 Å². The average Bonchev–Trinajstić information content (AvgIpc) is 3.31. The van der Waals surface area contributed by atoms with Crippen LogP contribution in [0.3, 0.4) is 0 Å². The van der Waals surface area contributed by atoms with E-state index in [0.717, 1.165) is 26.5 Å². The topological polar surface area (TPSA) is 51.0 Å². The number of aromatic nitrogens is 3. The molecular weight excluding hydrogens is 368 g/mol. The fourth-order valence-electron chi connectivity index (χ4n) is 3.33. The zero-order valence-electron chi connectivity index (χ0n) is 16.2. The lowest BCUT2D eigenvalue weighted by atomic mass is 10.1. The van der Waals surface area contributed by atoms with Crippen molar-refractivity contribution in [3.8, 4) is 0 Å². The van der Waals surface area contributed by atoms with Gasteiger partial charge in [-0.15, -0.1) is 0 Å². The number of benzene rings is 2. The highest BCUT2D eigenvalue weighted by atomic mass is 32.1. The van der Waals surface area contributed by atoms with Gasteiger partial charge in [-0.3, -0.25) is 14.4 Å². The third-order valence-corrected chi connectivity index (χ3v) is 5.70. The fourth-order valence-corrected chi connectivity index (χ4v) is 4.49. The average molecular weight is 391 g/mol. The molecule has 2 aromatic heterocycles. The van der Waals surface area contributed by atoms with Crippen LogP contribution in [0.4, 0.5) is 5.13 Å². The lowest BCUT2D eigenvalue weighted by Gasteiger charge is -2.20. The minimum Gasteiger partial charge on any atom is -0.282 e. The fraction of sp³-hybridized carbons (Fsp3) is 0.227. The van der Waals surface area contributed by atoms with E-state index < -0.39 is 0 Å². The normalized spacial score (nSPS) is 11.1. The number of aryl methyl sites for hydroxylation is 3. The SMILES string of the molecule is Cc1cccc(C(=O)N(CCn2cccn2)c2nc3c(C)cc(C)cc3s2)c1. The molecule has 142 valence electrons. The largest absolute Gasteiger partial charge is 0.282 e. The maximum atomic E-state index is 13.3. The van der Waals surface area contributed by atoms with Gasteiger partial charge in [0.25, 0.3) is 5.91 Å². The second-order valence-corrected chi connectivity index (χ2v) is 8.03. The molecule has 0 saturated heterocycles. The van der Waals surface area contributed by atoms with Crippen molar-refractivity contribution >= 4 is 32.6 Å². The number of anilines is 1. The molecule has 4 rings (SSSR count). The molecule has 0 N–H and O–H groups in total. The van der Waals surface area contributed by atoms with E-state index in [2.05, 4.69) is 31.1 Å². The molecule has 0 aliphatic heterocycles. The van der Waals surface area contributed by atoms with Crippen LogP contribution in [0.5, 0.6) is 0 Å². The van der Waals surface area contributed by atoms with Crippen molar-refractivity contribution in [2.75, 3.05) is 11.4 Å². The summed E-state index contributed by atoms with van der Waals surface area (Å²) in [4.78, 5) is 19.9. The third-order valence-electron chi connectivity index (χ3n) is 4.67. The zero-order valence-corrected chi connectivity index (χ0v) is 17.0. The molecule has 0 aliphatic rings. The number of hydrogen-bond acceptors (Lipinski definition) is 4. The van der Waals surface area contributed by atoms with Crippen molar-refractivity contribution in [3.63, 3.8) is 0 Å². The van der Waals surface area contributed by atoms with Crippen molar-refractivity contribution in [2.45, 2.75) is 27.3 Å². The van der Waals surface area contributed by atoms with Crippen LogP contribution in [0, 0.1) is 20.8 Å². The molecule has 0 spiro atoms. The molecule has 2 aromatic carbocycles. The number of fused-ring (bicyclic) bond motifs is 1. The van der Waals surface area contributed by atoms with Crippen molar-refractivity contribution in [1.29, 1.82) is 0 Å². The lowest BCUT2D eigenvalue weighted by molar-refractivity contribution is 0.0985. The van der Waals surface area contributed by atoms with E-state index in [1.807, 2.05) is 48.1 Å². The first-order chi connectivity index (χ1) is 13.5.